The third-order valence-electron chi connectivity index (χ3n) is 4.72. The fourth-order valence-electron chi connectivity index (χ4n) is 3.35. The van der Waals surface area contributed by atoms with E-state index in [0.29, 0.717) is 5.56 Å². The van der Waals surface area contributed by atoms with Gasteiger partial charge in [-0.05, 0) is 43.9 Å². The zero-order chi connectivity index (χ0) is 17.6. The van der Waals surface area contributed by atoms with Crippen LogP contribution in [0.25, 0.3) is 0 Å². The quantitative estimate of drug-likeness (QED) is 0.910. The largest absolute Gasteiger partial charge is 0.371 e. The lowest BCUT2D eigenvalue weighted by Gasteiger charge is -2.34. The monoisotopic (exact) mass is 338 g/mol. The van der Waals surface area contributed by atoms with Gasteiger partial charge in [-0.2, -0.15) is 0 Å². The Bertz CT molecular complexity index is 723. The Morgan fingerprint density at radius 1 is 1.32 bits per heavy atom. The summed E-state index contributed by atoms with van der Waals surface area (Å²) in [6.45, 7) is 6.13. The van der Waals surface area contributed by atoms with Crippen molar-refractivity contribution in [1.29, 1.82) is 0 Å². The first-order chi connectivity index (χ1) is 12.2. The molecule has 0 saturated carbocycles. The van der Waals surface area contributed by atoms with Crippen LogP contribution in [0.1, 0.15) is 47.8 Å². The number of piperidine rings is 1. The molecule has 0 aliphatic carbocycles. The summed E-state index contributed by atoms with van der Waals surface area (Å²) in [5.74, 6) is -0.0435. The van der Waals surface area contributed by atoms with Crippen molar-refractivity contribution < 1.29 is 4.79 Å². The standard InChI is InChI=1S/C20H26N4O/c1-3-5-19-18(13-21-14-22-19)20(25)23-16-8-10-24(11-9-16)17-7-4-6-15(2)12-17/h4,6-7,12-14,16H,3,5,8-11H2,1-2H3,(H,23,25). The van der Waals surface area contributed by atoms with Gasteiger partial charge < -0.3 is 10.2 Å². The lowest BCUT2D eigenvalue weighted by Crippen LogP contribution is -2.45. The van der Waals surface area contributed by atoms with Crippen molar-refractivity contribution in [2.45, 2.75) is 45.6 Å². The van der Waals surface area contributed by atoms with Crippen LogP contribution in [0.3, 0.4) is 0 Å². The summed E-state index contributed by atoms with van der Waals surface area (Å²) >= 11 is 0. The maximum absolute atomic E-state index is 12.6. The van der Waals surface area contributed by atoms with Gasteiger partial charge in [-0.3, -0.25) is 4.79 Å². The van der Waals surface area contributed by atoms with E-state index in [1.807, 2.05) is 0 Å². The van der Waals surface area contributed by atoms with E-state index in [9.17, 15) is 4.79 Å². The Labute approximate surface area is 149 Å². The summed E-state index contributed by atoms with van der Waals surface area (Å²) in [4.78, 5) is 23.3. The van der Waals surface area contributed by atoms with E-state index in [1.165, 1.54) is 17.6 Å². The minimum absolute atomic E-state index is 0.0435. The second-order valence-corrected chi connectivity index (χ2v) is 6.71. The molecule has 3 rings (SSSR count). The average molecular weight is 338 g/mol. The normalized spacial score (nSPS) is 15.2. The van der Waals surface area contributed by atoms with E-state index in [0.717, 1.165) is 44.5 Å². The summed E-state index contributed by atoms with van der Waals surface area (Å²) in [6.07, 6.45) is 6.83. The predicted octanol–water partition coefficient (Wildman–Crippen LogP) is 3.14. The molecule has 2 aromatic rings. The Morgan fingerprint density at radius 2 is 2.12 bits per heavy atom. The van der Waals surface area contributed by atoms with Crippen molar-refractivity contribution >= 4 is 11.6 Å². The van der Waals surface area contributed by atoms with Crippen molar-refractivity contribution in [2.75, 3.05) is 18.0 Å². The molecule has 1 aliphatic rings. The van der Waals surface area contributed by atoms with E-state index in [1.54, 1.807) is 6.20 Å². The summed E-state index contributed by atoms with van der Waals surface area (Å²) in [6, 6.07) is 8.81. The fourth-order valence-corrected chi connectivity index (χ4v) is 3.35. The van der Waals surface area contributed by atoms with E-state index < -0.39 is 0 Å². The van der Waals surface area contributed by atoms with Gasteiger partial charge in [-0.1, -0.05) is 25.5 Å². The fraction of sp³-hybridized carbons (Fsp3) is 0.450. The third-order valence-corrected chi connectivity index (χ3v) is 4.72. The Hall–Kier alpha value is -2.43. The minimum atomic E-state index is -0.0435. The van der Waals surface area contributed by atoms with E-state index in [2.05, 4.69) is 58.3 Å². The lowest BCUT2D eigenvalue weighted by atomic mass is 10.0. The third kappa shape index (κ3) is 4.35. The molecule has 1 saturated heterocycles. The highest BCUT2D eigenvalue weighted by Gasteiger charge is 2.22. The summed E-state index contributed by atoms with van der Waals surface area (Å²) < 4.78 is 0. The molecule has 5 nitrogen and oxygen atoms in total. The maximum Gasteiger partial charge on any atom is 0.254 e. The van der Waals surface area contributed by atoms with Crippen molar-refractivity contribution in [3.63, 3.8) is 0 Å². The Balaban J connectivity index is 1.58. The molecule has 0 radical (unpaired) electrons. The highest BCUT2D eigenvalue weighted by Crippen LogP contribution is 2.21. The molecule has 132 valence electrons. The number of carbonyl (C=O) groups is 1. The second kappa shape index (κ2) is 8.10. The maximum atomic E-state index is 12.6. The van der Waals surface area contributed by atoms with Crippen LogP contribution in [-0.4, -0.2) is 35.0 Å². The zero-order valence-corrected chi connectivity index (χ0v) is 15.0. The number of aromatic nitrogens is 2. The molecule has 2 heterocycles. The topological polar surface area (TPSA) is 58.1 Å². The molecule has 25 heavy (non-hydrogen) atoms. The first-order valence-electron chi connectivity index (χ1n) is 9.08. The highest BCUT2D eigenvalue weighted by atomic mass is 16.1. The van der Waals surface area contributed by atoms with Crippen LogP contribution in [0.5, 0.6) is 0 Å². The van der Waals surface area contributed by atoms with Gasteiger partial charge in [-0.25, -0.2) is 9.97 Å². The molecule has 1 aromatic heterocycles. The number of anilines is 1. The summed E-state index contributed by atoms with van der Waals surface area (Å²) in [5, 5.41) is 3.17. The molecule has 1 N–H and O–H groups in total. The van der Waals surface area contributed by atoms with Crippen LogP contribution < -0.4 is 10.2 Å². The van der Waals surface area contributed by atoms with Crippen molar-refractivity contribution in [3.05, 3.63) is 53.6 Å². The number of carbonyl (C=O) groups excluding carboxylic acids is 1. The van der Waals surface area contributed by atoms with Gasteiger partial charge in [0.25, 0.3) is 5.91 Å². The smallest absolute Gasteiger partial charge is 0.254 e. The van der Waals surface area contributed by atoms with Crippen molar-refractivity contribution in [1.82, 2.24) is 15.3 Å². The Kier molecular flexibility index (Phi) is 5.64. The average Bonchev–Trinajstić information content (AvgIpc) is 2.63. The minimum Gasteiger partial charge on any atom is -0.371 e. The van der Waals surface area contributed by atoms with Crippen LogP contribution in [0, 0.1) is 6.92 Å². The molecule has 0 unspecified atom stereocenters. The van der Waals surface area contributed by atoms with E-state index in [-0.39, 0.29) is 11.9 Å². The number of hydrogen-bond donors (Lipinski definition) is 1. The van der Waals surface area contributed by atoms with Gasteiger partial charge in [0, 0.05) is 31.0 Å². The van der Waals surface area contributed by atoms with Gasteiger partial charge in [0.2, 0.25) is 0 Å². The number of benzene rings is 1. The summed E-state index contributed by atoms with van der Waals surface area (Å²) in [7, 11) is 0. The van der Waals surface area contributed by atoms with Crippen molar-refractivity contribution in [3.8, 4) is 0 Å². The number of nitrogens with one attached hydrogen (secondary N) is 1. The van der Waals surface area contributed by atoms with Crippen LogP contribution in [0.4, 0.5) is 5.69 Å². The van der Waals surface area contributed by atoms with Gasteiger partial charge in [0.15, 0.2) is 0 Å². The number of hydrogen-bond acceptors (Lipinski definition) is 4. The molecular formula is C20H26N4O. The van der Waals surface area contributed by atoms with Gasteiger partial charge >= 0.3 is 0 Å². The molecule has 0 atom stereocenters. The first-order valence-corrected chi connectivity index (χ1v) is 9.08. The number of aryl methyl sites for hydroxylation is 2. The summed E-state index contributed by atoms with van der Waals surface area (Å²) in [5.41, 5.74) is 4.00. The Morgan fingerprint density at radius 3 is 2.84 bits per heavy atom. The second-order valence-electron chi connectivity index (χ2n) is 6.71. The van der Waals surface area contributed by atoms with Crippen LogP contribution in [0.15, 0.2) is 36.8 Å². The molecular weight excluding hydrogens is 312 g/mol. The molecule has 1 fully saturated rings. The van der Waals surface area contributed by atoms with Crippen LogP contribution in [0.2, 0.25) is 0 Å². The van der Waals surface area contributed by atoms with Crippen LogP contribution >= 0.6 is 0 Å². The van der Waals surface area contributed by atoms with E-state index >= 15 is 0 Å². The predicted molar refractivity (Wildman–Crippen MR) is 99.9 cm³/mol. The van der Waals surface area contributed by atoms with E-state index in [4.69, 9.17) is 0 Å². The number of rotatable bonds is 5. The SMILES string of the molecule is CCCc1ncncc1C(=O)NC1CCN(c2cccc(C)c2)CC1. The molecule has 1 amide bonds. The zero-order valence-electron chi connectivity index (χ0n) is 15.0. The van der Waals surface area contributed by atoms with Crippen LogP contribution in [-0.2, 0) is 6.42 Å². The van der Waals surface area contributed by atoms with Gasteiger partial charge in [-0.15, -0.1) is 0 Å². The molecule has 0 spiro atoms. The lowest BCUT2D eigenvalue weighted by molar-refractivity contribution is 0.0929. The number of nitrogens with zero attached hydrogens (tertiary/aromatic N) is 3. The molecule has 0 bridgehead atoms. The number of amides is 1. The molecule has 5 heteroatoms. The van der Waals surface area contributed by atoms with Crippen molar-refractivity contribution in [2.24, 2.45) is 0 Å². The molecule has 1 aliphatic heterocycles. The van der Waals surface area contributed by atoms with Gasteiger partial charge in [0.1, 0.15) is 6.33 Å². The first kappa shape index (κ1) is 17.4. The highest BCUT2D eigenvalue weighted by molar-refractivity contribution is 5.95. The van der Waals surface area contributed by atoms with Gasteiger partial charge in [0.05, 0.1) is 11.3 Å². The molecule has 1 aromatic carbocycles.